The molecule has 2 heterocycles. The number of aromatic amines is 1. The first-order valence-corrected chi connectivity index (χ1v) is 8.31. The van der Waals surface area contributed by atoms with Crippen LogP contribution in [0.2, 0.25) is 0 Å². The van der Waals surface area contributed by atoms with E-state index >= 15 is 0 Å². The Morgan fingerprint density at radius 2 is 1.92 bits per heavy atom. The second-order valence-electron chi connectivity index (χ2n) is 5.95. The molecule has 0 saturated carbocycles. The van der Waals surface area contributed by atoms with Crippen LogP contribution in [0.15, 0.2) is 42.6 Å². The van der Waals surface area contributed by atoms with Gasteiger partial charge in [-0.15, -0.1) is 0 Å². The van der Waals surface area contributed by atoms with Gasteiger partial charge in [0.1, 0.15) is 5.82 Å². The number of fused-ring (bicyclic) bond motifs is 1. The lowest BCUT2D eigenvalue weighted by molar-refractivity contribution is 0.244. The summed E-state index contributed by atoms with van der Waals surface area (Å²) in [6, 6.07) is 11.8. The van der Waals surface area contributed by atoms with Crippen molar-refractivity contribution in [3.63, 3.8) is 0 Å². The van der Waals surface area contributed by atoms with Crippen molar-refractivity contribution in [1.29, 1.82) is 0 Å². The van der Waals surface area contributed by atoms with E-state index < -0.39 is 0 Å². The Morgan fingerprint density at radius 3 is 2.71 bits per heavy atom. The number of para-hydroxylation sites is 2. The summed E-state index contributed by atoms with van der Waals surface area (Å²) in [4.78, 5) is 14.8. The molecule has 0 bridgehead atoms. The average Bonchev–Trinajstić information content (AvgIpc) is 2.99. The molecule has 2 aromatic heterocycles. The fraction of sp³-hybridized carbons (Fsp3) is 0.333. The Bertz CT molecular complexity index is 749. The van der Waals surface area contributed by atoms with E-state index in [0.29, 0.717) is 13.1 Å². The maximum Gasteiger partial charge on any atom is 0.121 e. The first-order valence-electron chi connectivity index (χ1n) is 8.31. The molecule has 6 heteroatoms. The van der Waals surface area contributed by atoms with Crippen molar-refractivity contribution in [2.45, 2.75) is 25.9 Å². The van der Waals surface area contributed by atoms with Crippen LogP contribution in [-0.4, -0.2) is 32.9 Å². The molecular weight excluding hydrogens is 300 g/mol. The van der Waals surface area contributed by atoms with E-state index in [2.05, 4.69) is 19.9 Å². The first-order chi connectivity index (χ1) is 11.8. The number of nitrogens with one attached hydrogen (secondary N) is 1. The summed E-state index contributed by atoms with van der Waals surface area (Å²) in [5.74, 6) is 0.957. The third-order valence-electron chi connectivity index (χ3n) is 4.04. The van der Waals surface area contributed by atoms with Gasteiger partial charge >= 0.3 is 0 Å². The predicted molar refractivity (Wildman–Crippen MR) is 97.1 cm³/mol. The highest BCUT2D eigenvalue weighted by Gasteiger charge is 2.12. The molecule has 126 valence electrons. The van der Waals surface area contributed by atoms with Crippen LogP contribution in [0.4, 0.5) is 5.69 Å². The predicted octanol–water partition coefficient (Wildman–Crippen LogP) is 2.28. The fourth-order valence-corrected chi connectivity index (χ4v) is 2.78. The number of nitrogens with two attached hydrogens (primary N) is 2. The quantitative estimate of drug-likeness (QED) is 0.552. The second-order valence-corrected chi connectivity index (χ2v) is 5.95. The van der Waals surface area contributed by atoms with Crippen LogP contribution in [0.3, 0.4) is 0 Å². The summed E-state index contributed by atoms with van der Waals surface area (Å²) in [6.45, 7) is 3.08. The zero-order valence-electron chi connectivity index (χ0n) is 13.8. The molecule has 0 aliphatic carbocycles. The smallest absolute Gasteiger partial charge is 0.121 e. The second kappa shape index (κ2) is 7.90. The lowest BCUT2D eigenvalue weighted by Crippen LogP contribution is -2.26. The van der Waals surface area contributed by atoms with Crippen LogP contribution in [0.5, 0.6) is 0 Å². The van der Waals surface area contributed by atoms with Crippen LogP contribution in [0, 0.1) is 0 Å². The van der Waals surface area contributed by atoms with Crippen molar-refractivity contribution in [2.75, 3.05) is 18.8 Å². The summed E-state index contributed by atoms with van der Waals surface area (Å²) in [5, 5.41) is 0. The van der Waals surface area contributed by atoms with Crippen LogP contribution in [0.1, 0.15) is 24.4 Å². The number of nitrogen functional groups attached to an aromatic ring is 1. The SMILES string of the molecule is NCCCCN(Cc1nc2ccccc2[nH]1)Cc1ncccc1N. The number of hydrogen-bond donors (Lipinski definition) is 3. The molecule has 6 nitrogen and oxygen atoms in total. The topological polar surface area (TPSA) is 96.8 Å². The number of aromatic nitrogens is 3. The van der Waals surface area contributed by atoms with Crippen LogP contribution < -0.4 is 11.5 Å². The van der Waals surface area contributed by atoms with Gasteiger partial charge in [0.15, 0.2) is 0 Å². The minimum absolute atomic E-state index is 0.703. The van der Waals surface area contributed by atoms with Crippen LogP contribution >= 0.6 is 0 Å². The van der Waals surface area contributed by atoms with Gasteiger partial charge in [0.25, 0.3) is 0 Å². The molecule has 3 aromatic rings. The number of hydrogen-bond acceptors (Lipinski definition) is 5. The van der Waals surface area contributed by atoms with Crippen molar-refractivity contribution in [2.24, 2.45) is 5.73 Å². The highest BCUT2D eigenvalue weighted by atomic mass is 15.2. The molecular formula is C18H24N6. The van der Waals surface area contributed by atoms with Gasteiger partial charge in [-0.1, -0.05) is 12.1 Å². The number of pyridine rings is 1. The fourth-order valence-electron chi connectivity index (χ4n) is 2.78. The number of rotatable bonds is 8. The summed E-state index contributed by atoms with van der Waals surface area (Å²) in [7, 11) is 0. The van der Waals surface area contributed by atoms with Gasteiger partial charge in [0.2, 0.25) is 0 Å². The minimum atomic E-state index is 0.703. The van der Waals surface area contributed by atoms with E-state index in [0.717, 1.165) is 54.2 Å². The van der Waals surface area contributed by atoms with E-state index in [-0.39, 0.29) is 0 Å². The lowest BCUT2D eigenvalue weighted by Gasteiger charge is -2.21. The largest absolute Gasteiger partial charge is 0.397 e. The normalized spacial score (nSPS) is 11.4. The molecule has 5 N–H and O–H groups in total. The molecule has 0 unspecified atom stereocenters. The summed E-state index contributed by atoms with van der Waals surface area (Å²) >= 11 is 0. The number of nitrogens with zero attached hydrogens (tertiary/aromatic N) is 3. The Hall–Kier alpha value is -2.44. The number of benzene rings is 1. The van der Waals surface area contributed by atoms with Crippen LogP contribution in [0.25, 0.3) is 11.0 Å². The van der Waals surface area contributed by atoms with E-state index in [9.17, 15) is 0 Å². The Labute approximate surface area is 141 Å². The summed E-state index contributed by atoms with van der Waals surface area (Å²) < 4.78 is 0. The molecule has 1 aromatic carbocycles. The van der Waals surface area contributed by atoms with E-state index in [4.69, 9.17) is 11.5 Å². The van der Waals surface area contributed by atoms with Gasteiger partial charge in [-0.05, 0) is 50.2 Å². The highest BCUT2D eigenvalue weighted by molar-refractivity contribution is 5.74. The van der Waals surface area contributed by atoms with Gasteiger partial charge in [-0.3, -0.25) is 9.88 Å². The molecule has 0 aliphatic heterocycles. The molecule has 0 spiro atoms. The molecule has 3 rings (SSSR count). The van der Waals surface area contributed by atoms with Gasteiger partial charge in [-0.25, -0.2) is 4.98 Å². The van der Waals surface area contributed by atoms with Crippen molar-refractivity contribution in [3.05, 3.63) is 54.1 Å². The number of imidazole rings is 1. The van der Waals surface area contributed by atoms with E-state index in [1.165, 1.54) is 0 Å². The third-order valence-corrected chi connectivity index (χ3v) is 4.04. The van der Waals surface area contributed by atoms with E-state index in [1.54, 1.807) is 6.20 Å². The minimum Gasteiger partial charge on any atom is -0.397 e. The van der Waals surface area contributed by atoms with Crippen molar-refractivity contribution in [1.82, 2.24) is 19.9 Å². The monoisotopic (exact) mass is 324 g/mol. The summed E-state index contributed by atoms with van der Waals surface area (Å²) in [6.07, 6.45) is 3.84. The van der Waals surface area contributed by atoms with Gasteiger partial charge in [0.05, 0.1) is 29.0 Å². The molecule has 0 saturated heterocycles. The first kappa shape index (κ1) is 16.4. The maximum absolute atomic E-state index is 6.05. The number of unbranched alkanes of at least 4 members (excludes halogenated alkanes) is 1. The number of H-pyrrole nitrogens is 1. The Morgan fingerprint density at radius 1 is 1.04 bits per heavy atom. The van der Waals surface area contributed by atoms with Crippen molar-refractivity contribution in [3.8, 4) is 0 Å². The Balaban J connectivity index is 1.74. The van der Waals surface area contributed by atoms with Crippen molar-refractivity contribution < 1.29 is 0 Å². The third kappa shape index (κ3) is 4.10. The highest BCUT2D eigenvalue weighted by Crippen LogP contribution is 2.15. The number of anilines is 1. The molecule has 0 fully saturated rings. The molecule has 24 heavy (non-hydrogen) atoms. The van der Waals surface area contributed by atoms with Gasteiger partial charge in [0, 0.05) is 12.7 Å². The molecule has 0 atom stereocenters. The van der Waals surface area contributed by atoms with Gasteiger partial charge in [-0.2, -0.15) is 0 Å². The standard InChI is InChI=1S/C18H24N6/c19-9-3-4-11-24(12-17-14(20)6-5-10-21-17)13-18-22-15-7-1-2-8-16(15)23-18/h1-2,5-8,10H,3-4,9,11-13,19-20H2,(H,22,23). The van der Waals surface area contributed by atoms with E-state index in [1.807, 2.05) is 36.4 Å². The molecule has 0 radical (unpaired) electrons. The van der Waals surface area contributed by atoms with Crippen molar-refractivity contribution >= 4 is 16.7 Å². The van der Waals surface area contributed by atoms with Crippen LogP contribution in [-0.2, 0) is 13.1 Å². The maximum atomic E-state index is 6.05. The summed E-state index contributed by atoms with van der Waals surface area (Å²) in [5.41, 5.74) is 15.4. The zero-order chi connectivity index (χ0) is 16.8. The average molecular weight is 324 g/mol. The molecule has 0 amide bonds. The molecule has 0 aliphatic rings. The van der Waals surface area contributed by atoms with Gasteiger partial charge < -0.3 is 16.5 Å². The lowest BCUT2D eigenvalue weighted by atomic mass is 10.2. The zero-order valence-corrected chi connectivity index (χ0v) is 13.8. The Kier molecular flexibility index (Phi) is 5.40.